The van der Waals surface area contributed by atoms with Crippen molar-refractivity contribution in [3.63, 3.8) is 0 Å². The Morgan fingerprint density at radius 2 is 1.77 bits per heavy atom. The van der Waals surface area contributed by atoms with Gasteiger partial charge < -0.3 is 5.32 Å². The maximum atomic E-state index is 4.56. The maximum Gasteiger partial charge on any atom is 0.159 e. The van der Waals surface area contributed by atoms with Gasteiger partial charge in [-0.1, -0.05) is 72.9 Å². The first-order chi connectivity index (χ1) is 10.8. The van der Waals surface area contributed by atoms with E-state index in [1.807, 2.05) is 53.8 Å². The molecule has 3 heteroatoms. The summed E-state index contributed by atoms with van der Waals surface area (Å²) < 4.78 is 0. The first kappa shape index (κ1) is 22.5. The fourth-order valence-corrected chi connectivity index (χ4v) is 1.74. The van der Waals surface area contributed by atoms with Gasteiger partial charge in [0.2, 0.25) is 0 Å². The third-order valence-corrected chi connectivity index (χ3v) is 2.58. The zero-order valence-electron chi connectivity index (χ0n) is 15.2. The molecule has 2 rings (SSSR count). The van der Waals surface area contributed by atoms with Crippen LogP contribution in [0.5, 0.6) is 0 Å². The summed E-state index contributed by atoms with van der Waals surface area (Å²) in [5.41, 5.74) is 3.24. The molecule has 2 heterocycles. The van der Waals surface area contributed by atoms with Crippen molar-refractivity contribution in [1.29, 1.82) is 0 Å². The Bertz CT molecular complexity index is 448. The van der Waals surface area contributed by atoms with E-state index in [1.54, 1.807) is 12.2 Å². The molecule has 1 aromatic rings. The lowest BCUT2D eigenvalue weighted by molar-refractivity contribution is 0.624. The molecule has 1 aliphatic rings. The van der Waals surface area contributed by atoms with E-state index in [2.05, 4.69) is 28.4 Å². The zero-order chi connectivity index (χ0) is 17.4. The average Bonchev–Trinajstić information content (AvgIpc) is 2.64. The van der Waals surface area contributed by atoms with Crippen molar-refractivity contribution in [3.8, 4) is 0 Å². The van der Waals surface area contributed by atoms with Gasteiger partial charge in [-0.15, -0.1) is 0 Å². The highest BCUT2D eigenvalue weighted by Crippen LogP contribution is 2.15. The second-order valence-corrected chi connectivity index (χ2v) is 3.65. The molecule has 22 heavy (non-hydrogen) atoms. The molecule has 0 radical (unpaired) electrons. The molecule has 0 spiro atoms. The van der Waals surface area contributed by atoms with Crippen molar-refractivity contribution in [2.75, 3.05) is 6.54 Å². The molecular formula is C19H33N3. The van der Waals surface area contributed by atoms with Crippen molar-refractivity contribution < 1.29 is 0 Å². The minimum atomic E-state index is 0.732. The number of aromatic nitrogens is 2. The van der Waals surface area contributed by atoms with Crippen LogP contribution in [0.1, 0.15) is 58.6 Å². The Morgan fingerprint density at radius 1 is 1.14 bits per heavy atom. The molecule has 0 atom stereocenters. The van der Waals surface area contributed by atoms with E-state index in [0.29, 0.717) is 0 Å². The smallest absolute Gasteiger partial charge is 0.159 e. The molecule has 1 aliphatic heterocycles. The van der Waals surface area contributed by atoms with Crippen molar-refractivity contribution in [3.05, 3.63) is 54.7 Å². The van der Waals surface area contributed by atoms with E-state index in [9.17, 15) is 0 Å². The van der Waals surface area contributed by atoms with Crippen molar-refractivity contribution in [2.24, 2.45) is 0 Å². The Labute approximate surface area is 137 Å². The summed E-state index contributed by atoms with van der Waals surface area (Å²) in [6, 6.07) is 0. The first-order valence-electron chi connectivity index (χ1n) is 8.36. The maximum absolute atomic E-state index is 4.56. The standard InChI is InChI=1S/C13H15N3.3C2H6/c1-3-5-10(4-2)13-15-9-11-8-14-7-6-12(11)16-13;3*1-2/h3-5,9,14H,1-2,6-8H2;3*1-2H3/b10-5+;;;. The second-order valence-electron chi connectivity index (χ2n) is 3.65. The fourth-order valence-electron chi connectivity index (χ4n) is 1.74. The van der Waals surface area contributed by atoms with Crippen LogP contribution in [0.2, 0.25) is 0 Å². The van der Waals surface area contributed by atoms with Gasteiger partial charge >= 0.3 is 0 Å². The number of rotatable bonds is 3. The summed E-state index contributed by atoms with van der Waals surface area (Å²) >= 11 is 0. The summed E-state index contributed by atoms with van der Waals surface area (Å²) in [7, 11) is 0. The lowest BCUT2D eigenvalue weighted by Gasteiger charge is -2.16. The summed E-state index contributed by atoms with van der Waals surface area (Å²) in [5.74, 6) is 0.732. The van der Waals surface area contributed by atoms with E-state index in [0.717, 1.165) is 36.6 Å². The van der Waals surface area contributed by atoms with Crippen LogP contribution in [0.25, 0.3) is 5.57 Å². The third kappa shape index (κ3) is 7.32. The zero-order valence-corrected chi connectivity index (χ0v) is 15.2. The van der Waals surface area contributed by atoms with Crippen LogP contribution >= 0.6 is 0 Å². The molecule has 0 fully saturated rings. The molecule has 0 unspecified atom stereocenters. The lowest BCUT2D eigenvalue weighted by Crippen LogP contribution is -2.25. The molecule has 0 bridgehead atoms. The molecule has 1 N–H and O–H groups in total. The van der Waals surface area contributed by atoms with Gasteiger partial charge in [0.05, 0.1) is 5.69 Å². The van der Waals surface area contributed by atoms with Crippen molar-refractivity contribution in [2.45, 2.75) is 54.5 Å². The SMILES string of the molecule is C=C/C=C(\C=C)c1ncc2c(n1)CCNC2.CC.CC.CC. The number of hydrogen-bond donors (Lipinski definition) is 1. The van der Waals surface area contributed by atoms with Crippen LogP contribution in [0.3, 0.4) is 0 Å². The summed E-state index contributed by atoms with van der Waals surface area (Å²) in [6.45, 7) is 21.3. The summed E-state index contributed by atoms with van der Waals surface area (Å²) in [5, 5.41) is 3.30. The van der Waals surface area contributed by atoms with Gasteiger partial charge in [-0.05, 0) is 0 Å². The van der Waals surface area contributed by atoms with Gasteiger partial charge in [0.25, 0.3) is 0 Å². The second kappa shape index (κ2) is 15.6. The number of fused-ring (bicyclic) bond motifs is 1. The molecule has 1 aromatic heterocycles. The predicted octanol–water partition coefficient (Wildman–Crippen LogP) is 4.96. The van der Waals surface area contributed by atoms with E-state index in [4.69, 9.17) is 0 Å². The van der Waals surface area contributed by atoms with Gasteiger partial charge in [-0.25, -0.2) is 9.97 Å². The fraction of sp³-hybridized carbons (Fsp3) is 0.474. The third-order valence-electron chi connectivity index (χ3n) is 2.58. The largest absolute Gasteiger partial charge is 0.312 e. The number of nitrogens with one attached hydrogen (secondary N) is 1. The van der Waals surface area contributed by atoms with E-state index in [1.165, 1.54) is 5.56 Å². The van der Waals surface area contributed by atoms with Crippen LogP contribution in [0, 0.1) is 0 Å². The number of nitrogens with zero attached hydrogens (tertiary/aromatic N) is 2. The van der Waals surface area contributed by atoms with E-state index < -0.39 is 0 Å². The van der Waals surface area contributed by atoms with Gasteiger partial charge in [0.15, 0.2) is 5.82 Å². The minimum absolute atomic E-state index is 0.732. The van der Waals surface area contributed by atoms with Gasteiger partial charge in [0.1, 0.15) is 0 Å². The Balaban J connectivity index is 0. The summed E-state index contributed by atoms with van der Waals surface area (Å²) in [6.07, 6.45) is 8.20. The van der Waals surface area contributed by atoms with Crippen LogP contribution in [-0.2, 0) is 13.0 Å². The lowest BCUT2D eigenvalue weighted by atomic mass is 10.1. The molecule has 3 nitrogen and oxygen atoms in total. The molecule has 0 saturated heterocycles. The molecule has 0 aromatic carbocycles. The Kier molecular flexibility index (Phi) is 16.0. The number of allylic oxidation sites excluding steroid dienone is 4. The topological polar surface area (TPSA) is 37.8 Å². The Hall–Kier alpha value is -1.74. The monoisotopic (exact) mass is 303 g/mol. The molecule has 0 aliphatic carbocycles. The molecule has 0 saturated carbocycles. The van der Waals surface area contributed by atoms with Crippen LogP contribution in [0.4, 0.5) is 0 Å². The molecular weight excluding hydrogens is 270 g/mol. The normalized spacial score (nSPS) is 12.0. The van der Waals surface area contributed by atoms with Crippen molar-refractivity contribution >= 4 is 5.57 Å². The molecule has 0 amide bonds. The minimum Gasteiger partial charge on any atom is -0.312 e. The van der Waals surface area contributed by atoms with Gasteiger partial charge in [0, 0.05) is 36.8 Å². The first-order valence-corrected chi connectivity index (χ1v) is 8.36. The highest BCUT2D eigenvalue weighted by molar-refractivity contribution is 5.70. The highest BCUT2D eigenvalue weighted by atomic mass is 14.9. The van der Waals surface area contributed by atoms with E-state index >= 15 is 0 Å². The van der Waals surface area contributed by atoms with Crippen LogP contribution in [0.15, 0.2) is 37.6 Å². The number of hydrogen-bond acceptors (Lipinski definition) is 3. The Morgan fingerprint density at radius 3 is 2.32 bits per heavy atom. The van der Waals surface area contributed by atoms with E-state index in [-0.39, 0.29) is 0 Å². The highest BCUT2D eigenvalue weighted by Gasteiger charge is 2.12. The van der Waals surface area contributed by atoms with Gasteiger partial charge in [-0.3, -0.25) is 0 Å². The summed E-state index contributed by atoms with van der Waals surface area (Å²) in [4.78, 5) is 8.91. The molecule has 124 valence electrons. The van der Waals surface area contributed by atoms with Crippen molar-refractivity contribution in [1.82, 2.24) is 15.3 Å². The van der Waals surface area contributed by atoms with Crippen LogP contribution < -0.4 is 5.32 Å². The average molecular weight is 303 g/mol. The van der Waals surface area contributed by atoms with Crippen LogP contribution in [-0.4, -0.2) is 16.5 Å². The van der Waals surface area contributed by atoms with Gasteiger partial charge in [-0.2, -0.15) is 0 Å². The predicted molar refractivity (Wildman–Crippen MR) is 99.9 cm³/mol. The quantitative estimate of drug-likeness (QED) is 0.802.